The molecule has 0 saturated carbocycles. The smallest absolute Gasteiger partial charge is 0.313 e. The van der Waals surface area contributed by atoms with Crippen LogP contribution in [0.5, 0.6) is 5.75 Å². The Bertz CT molecular complexity index is 684. The molecule has 23 heavy (non-hydrogen) atoms. The van der Waals surface area contributed by atoms with Crippen LogP contribution in [0.25, 0.3) is 0 Å². The molecule has 1 fully saturated rings. The van der Waals surface area contributed by atoms with Crippen LogP contribution in [0.4, 0.5) is 5.69 Å². The zero-order valence-corrected chi connectivity index (χ0v) is 13.9. The van der Waals surface area contributed by atoms with Crippen molar-refractivity contribution in [3.8, 4) is 5.75 Å². The Morgan fingerprint density at radius 2 is 1.96 bits per heavy atom. The zero-order valence-electron chi connectivity index (χ0n) is 13.1. The molecule has 7 nitrogen and oxygen atoms in total. The van der Waals surface area contributed by atoms with Crippen molar-refractivity contribution in [2.45, 2.75) is 19.4 Å². The predicted octanol–water partition coefficient (Wildman–Crippen LogP) is 0.669. The van der Waals surface area contributed by atoms with Gasteiger partial charge in [-0.05, 0) is 37.6 Å². The minimum atomic E-state index is -3.11. The zero-order chi connectivity index (χ0) is 17.0. The molecule has 1 unspecified atom stereocenters. The van der Waals surface area contributed by atoms with Crippen LogP contribution in [0.3, 0.4) is 0 Å². The second kappa shape index (κ2) is 6.99. The molecule has 1 N–H and O–H groups in total. The minimum Gasteiger partial charge on any atom is -0.494 e. The summed E-state index contributed by atoms with van der Waals surface area (Å²) in [5.41, 5.74) is 0.472. The van der Waals surface area contributed by atoms with E-state index >= 15 is 0 Å². The molecule has 0 spiro atoms. The molecule has 0 radical (unpaired) electrons. The number of carbonyl (C=O) groups is 2. The fourth-order valence-corrected chi connectivity index (χ4v) is 4.17. The Kier molecular flexibility index (Phi) is 5.25. The van der Waals surface area contributed by atoms with Crippen molar-refractivity contribution in [2.75, 3.05) is 30.5 Å². The largest absolute Gasteiger partial charge is 0.494 e. The summed E-state index contributed by atoms with van der Waals surface area (Å²) in [5, 5.41) is 2.50. The summed E-state index contributed by atoms with van der Waals surface area (Å²) >= 11 is 0. The SMILES string of the molecule is CCOc1ccc(NC(=O)C(=O)N(C)C2CCS(=O)(=O)C2)cc1. The summed E-state index contributed by atoms with van der Waals surface area (Å²) < 4.78 is 28.2. The van der Waals surface area contributed by atoms with Gasteiger partial charge in [0, 0.05) is 18.8 Å². The lowest BCUT2D eigenvalue weighted by Gasteiger charge is -2.22. The second-order valence-corrected chi connectivity index (χ2v) is 7.61. The molecule has 2 amide bonds. The number of hydrogen-bond donors (Lipinski definition) is 1. The number of carbonyl (C=O) groups excluding carboxylic acids is 2. The third-order valence-electron chi connectivity index (χ3n) is 3.69. The van der Waals surface area contributed by atoms with Crippen LogP contribution in [0.2, 0.25) is 0 Å². The van der Waals surface area contributed by atoms with E-state index in [0.717, 1.165) is 0 Å². The highest BCUT2D eigenvalue weighted by atomic mass is 32.2. The summed E-state index contributed by atoms with van der Waals surface area (Å²) in [6.07, 6.45) is 0.362. The summed E-state index contributed by atoms with van der Waals surface area (Å²) in [5.74, 6) is -0.909. The van der Waals surface area contributed by atoms with Crippen molar-refractivity contribution in [1.82, 2.24) is 4.90 Å². The van der Waals surface area contributed by atoms with Gasteiger partial charge in [-0.15, -0.1) is 0 Å². The molecular weight excluding hydrogens is 320 g/mol. The normalized spacial score (nSPS) is 19.1. The predicted molar refractivity (Wildman–Crippen MR) is 86.1 cm³/mol. The van der Waals surface area contributed by atoms with Crippen molar-refractivity contribution >= 4 is 27.3 Å². The molecule has 1 heterocycles. The average molecular weight is 340 g/mol. The number of anilines is 1. The first kappa shape index (κ1) is 17.3. The van der Waals surface area contributed by atoms with Gasteiger partial charge in [0.05, 0.1) is 18.1 Å². The lowest BCUT2D eigenvalue weighted by Crippen LogP contribution is -2.43. The monoisotopic (exact) mass is 340 g/mol. The van der Waals surface area contributed by atoms with Crippen LogP contribution in [-0.2, 0) is 19.4 Å². The number of ether oxygens (including phenoxy) is 1. The highest BCUT2D eigenvalue weighted by Crippen LogP contribution is 2.18. The number of benzene rings is 1. The van der Waals surface area contributed by atoms with Gasteiger partial charge in [0.2, 0.25) is 0 Å². The van der Waals surface area contributed by atoms with E-state index in [-0.39, 0.29) is 11.5 Å². The first-order valence-corrected chi connectivity index (χ1v) is 9.16. The lowest BCUT2D eigenvalue weighted by atomic mass is 10.2. The van der Waals surface area contributed by atoms with E-state index in [9.17, 15) is 18.0 Å². The Morgan fingerprint density at radius 3 is 2.48 bits per heavy atom. The van der Waals surface area contributed by atoms with Gasteiger partial charge in [-0.1, -0.05) is 0 Å². The lowest BCUT2D eigenvalue weighted by molar-refractivity contribution is -0.143. The molecular formula is C15H20N2O5S. The number of hydrogen-bond acceptors (Lipinski definition) is 5. The van der Waals surface area contributed by atoms with Crippen molar-refractivity contribution < 1.29 is 22.7 Å². The van der Waals surface area contributed by atoms with E-state index < -0.39 is 27.7 Å². The Morgan fingerprint density at radius 1 is 1.30 bits per heavy atom. The highest BCUT2D eigenvalue weighted by Gasteiger charge is 2.34. The third-order valence-corrected chi connectivity index (χ3v) is 5.44. The molecule has 126 valence electrons. The van der Waals surface area contributed by atoms with Gasteiger partial charge in [-0.25, -0.2) is 8.42 Å². The molecule has 8 heteroatoms. The molecule has 1 aromatic carbocycles. The topological polar surface area (TPSA) is 92.8 Å². The molecule has 2 rings (SSSR count). The number of nitrogens with one attached hydrogen (secondary N) is 1. The summed E-state index contributed by atoms with van der Waals surface area (Å²) in [6, 6.07) is 6.21. The average Bonchev–Trinajstić information content (AvgIpc) is 2.88. The highest BCUT2D eigenvalue weighted by molar-refractivity contribution is 7.91. The molecule has 1 aliphatic heterocycles. The van der Waals surface area contributed by atoms with Crippen molar-refractivity contribution in [3.05, 3.63) is 24.3 Å². The van der Waals surface area contributed by atoms with Crippen LogP contribution < -0.4 is 10.1 Å². The van der Waals surface area contributed by atoms with Gasteiger partial charge in [-0.3, -0.25) is 9.59 Å². The van der Waals surface area contributed by atoms with Crippen LogP contribution in [0, 0.1) is 0 Å². The number of sulfone groups is 1. The van der Waals surface area contributed by atoms with Gasteiger partial charge in [0.15, 0.2) is 9.84 Å². The maximum atomic E-state index is 12.1. The fraction of sp³-hybridized carbons (Fsp3) is 0.467. The number of likely N-dealkylation sites (N-methyl/N-ethyl adjacent to an activating group) is 1. The maximum absolute atomic E-state index is 12.1. The second-order valence-electron chi connectivity index (χ2n) is 5.38. The van der Waals surface area contributed by atoms with E-state index in [0.29, 0.717) is 24.5 Å². The minimum absolute atomic E-state index is 0.0514. The van der Waals surface area contributed by atoms with Crippen LogP contribution in [0.15, 0.2) is 24.3 Å². The van der Waals surface area contributed by atoms with E-state index in [2.05, 4.69) is 5.32 Å². The Hall–Kier alpha value is -2.09. The van der Waals surface area contributed by atoms with Crippen molar-refractivity contribution in [1.29, 1.82) is 0 Å². The molecule has 1 saturated heterocycles. The van der Waals surface area contributed by atoms with Gasteiger partial charge in [0.25, 0.3) is 0 Å². The Balaban J connectivity index is 1.95. The van der Waals surface area contributed by atoms with Crippen LogP contribution in [-0.4, -0.2) is 56.3 Å². The summed E-state index contributed by atoms with van der Waals surface area (Å²) in [6.45, 7) is 2.41. The van der Waals surface area contributed by atoms with E-state index in [1.807, 2.05) is 6.92 Å². The standard InChI is InChI=1S/C15H20N2O5S/c1-3-22-13-6-4-11(5-7-13)16-14(18)15(19)17(2)12-8-9-23(20,21)10-12/h4-7,12H,3,8-10H2,1-2H3,(H,16,18). The number of nitrogens with zero attached hydrogens (tertiary/aromatic N) is 1. The van der Waals surface area contributed by atoms with Crippen LogP contribution in [0.1, 0.15) is 13.3 Å². The maximum Gasteiger partial charge on any atom is 0.313 e. The third kappa shape index (κ3) is 4.44. The molecule has 0 aliphatic carbocycles. The first-order valence-electron chi connectivity index (χ1n) is 7.34. The molecule has 1 atom stereocenters. The van der Waals surface area contributed by atoms with Crippen LogP contribution >= 0.6 is 0 Å². The Labute approximate surface area is 135 Å². The fourth-order valence-electron chi connectivity index (χ4n) is 2.39. The summed E-state index contributed by atoms with van der Waals surface area (Å²) in [4.78, 5) is 25.3. The van der Waals surface area contributed by atoms with Gasteiger partial charge in [0.1, 0.15) is 5.75 Å². The van der Waals surface area contributed by atoms with E-state index in [1.165, 1.54) is 11.9 Å². The summed E-state index contributed by atoms with van der Waals surface area (Å²) in [7, 11) is -1.66. The first-order chi connectivity index (χ1) is 10.8. The molecule has 0 aromatic heterocycles. The molecule has 1 aliphatic rings. The van der Waals surface area contributed by atoms with Crippen molar-refractivity contribution in [3.63, 3.8) is 0 Å². The van der Waals surface area contributed by atoms with E-state index in [1.54, 1.807) is 24.3 Å². The van der Waals surface area contributed by atoms with E-state index in [4.69, 9.17) is 4.74 Å². The molecule has 0 bridgehead atoms. The number of rotatable bonds is 4. The molecule has 1 aromatic rings. The quantitative estimate of drug-likeness (QED) is 0.813. The van der Waals surface area contributed by atoms with Gasteiger partial charge < -0.3 is 15.0 Å². The van der Waals surface area contributed by atoms with Gasteiger partial charge in [-0.2, -0.15) is 0 Å². The van der Waals surface area contributed by atoms with Crippen molar-refractivity contribution in [2.24, 2.45) is 0 Å². The van der Waals surface area contributed by atoms with Gasteiger partial charge >= 0.3 is 11.8 Å². The number of amides is 2.